The van der Waals surface area contributed by atoms with Crippen LogP contribution >= 0.6 is 27.5 Å². The van der Waals surface area contributed by atoms with Crippen LogP contribution in [0.3, 0.4) is 0 Å². The number of halogens is 2. The van der Waals surface area contributed by atoms with E-state index in [2.05, 4.69) is 25.9 Å². The van der Waals surface area contributed by atoms with Gasteiger partial charge in [-0.3, -0.25) is 4.99 Å². The number of esters is 1. The highest BCUT2D eigenvalue weighted by Crippen LogP contribution is 2.28. The molecule has 0 fully saturated rings. The molecule has 0 amide bonds. The van der Waals surface area contributed by atoms with Crippen LogP contribution in [-0.2, 0) is 0 Å². The van der Waals surface area contributed by atoms with Gasteiger partial charge in [0.1, 0.15) is 11.3 Å². The second kappa shape index (κ2) is 9.63. The second-order valence-corrected chi connectivity index (χ2v) is 8.76. The SMILES string of the molecule is O=C(Oc1ccc(C=Nc2ccc3oc(-c4ccc(Cl)cc4)nc3c2)cc1)c1cccc(Br)c1. The Balaban J connectivity index is 1.28. The molecule has 166 valence electrons. The number of hydrogen-bond acceptors (Lipinski definition) is 5. The van der Waals surface area contributed by atoms with Crippen molar-refractivity contribution in [1.29, 1.82) is 0 Å². The lowest BCUT2D eigenvalue weighted by Gasteiger charge is -2.05. The summed E-state index contributed by atoms with van der Waals surface area (Å²) in [6.45, 7) is 0. The molecule has 0 unspecified atom stereocenters. The summed E-state index contributed by atoms with van der Waals surface area (Å²) in [5, 5.41) is 0.659. The van der Waals surface area contributed by atoms with Crippen molar-refractivity contribution in [3.63, 3.8) is 0 Å². The Morgan fingerprint density at radius 2 is 1.76 bits per heavy atom. The third-order valence-electron chi connectivity index (χ3n) is 4.98. The predicted octanol–water partition coefficient (Wildman–Crippen LogP) is 7.88. The van der Waals surface area contributed by atoms with Gasteiger partial charge >= 0.3 is 5.97 Å². The van der Waals surface area contributed by atoms with Gasteiger partial charge in [0.15, 0.2) is 5.58 Å². The Kier molecular flexibility index (Phi) is 6.25. The molecule has 1 heterocycles. The number of aliphatic imine (C=N–C) groups is 1. The molecular weight excluding hydrogens is 516 g/mol. The maximum Gasteiger partial charge on any atom is 0.343 e. The molecule has 7 heteroatoms. The average molecular weight is 532 g/mol. The molecule has 0 saturated heterocycles. The van der Waals surface area contributed by atoms with Crippen molar-refractivity contribution in [3.8, 4) is 17.2 Å². The number of hydrogen-bond donors (Lipinski definition) is 0. The van der Waals surface area contributed by atoms with Gasteiger partial charge in [-0.25, -0.2) is 9.78 Å². The molecule has 0 bridgehead atoms. The van der Waals surface area contributed by atoms with Crippen LogP contribution in [0.2, 0.25) is 5.02 Å². The largest absolute Gasteiger partial charge is 0.436 e. The van der Waals surface area contributed by atoms with Gasteiger partial charge in [-0.15, -0.1) is 0 Å². The maximum atomic E-state index is 12.3. The second-order valence-electron chi connectivity index (χ2n) is 7.41. The number of carbonyl (C=O) groups is 1. The molecule has 1 aromatic heterocycles. The van der Waals surface area contributed by atoms with E-state index >= 15 is 0 Å². The topological polar surface area (TPSA) is 64.7 Å². The van der Waals surface area contributed by atoms with Crippen molar-refractivity contribution in [2.75, 3.05) is 0 Å². The fourth-order valence-corrected chi connectivity index (χ4v) is 3.79. The van der Waals surface area contributed by atoms with Crippen molar-refractivity contribution in [3.05, 3.63) is 112 Å². The molecule has 0 atom stereocenters. The molecule has 4 aromatic carbocycles. The Bertz CT molecular complexity index is 1510. The molecule has 0 spiro atoms. The van der Waals surface area contributed by atoms with Crippen LogP contribution in [0.4, 0.5) is 5.69 Å². The summed E-state index contributed by atoms with van der Waals surface area (Å²) in [6.07, 6.45) is 1.74. The summed E-state index contributed by atoms with van der Waals surface area (Å²) in [5.74, 6) is 0.572. The number of aromatic nitrogens is 1. The molecule has 34 heavy (non-hydrogen) atoms. The molecule has 5 nitrogen and oxygen atoms in total. The maximum absolute atomic E-state index is 12.3. The molecule has 0 N–H and O–H groups in total. The molecule has 0 aliphatic rings. The monoisotopic (exact) mass is 530 g/mol. The Hall–Kier alpha value is -3.74. The van der Waals surface area contributed by atoms with E-state index in [1.165, 1.54) is 0 Å². The van der Waals surface area contributed by atoms with Crippen molar-refractivity contribution in [2.24, 2.45) is 4.99 Å². The van der Waals surface area contributed by atoms with Gasteiger partial charge in [0.05, 0.1) is 11.3 Å². The molecule has 5 aromatic rings. The number of carbonyl (C=O) groups excluding carboxylic acids is 1. The fourth-order valence-electron chi connectivity index (χ4n) is 3.26. The van der Waals surface area contributed by atoms with Gasteiger partial charge in [-0.05, 0) is 90.5 Å². The average Bonchev–Trinajstić information content (AvgIpc) is 3.27. The number of nitrogens with zero attached hydrogens (tertiary/aromatic N) is 2. The van der Waals surface area contributed by atoms with Crippen molar-refractivity contribution in [2.45, 2.75) is 0 Å². The van der Waals surface area contributed by atoms with Crippen molar-refractivity contribution < 1.29 is 13.9 Å². The van der Waals surface area contributed by atoms with E-state index in [1.54, 1.807) is 48.7 Å². The lowest BCUT2D eigenvalue weighted by atomic mass is 10.2. The van der Waals surface area contributed by atoms with Crippen LogP contribution in [0.25, 0.3) is 22.6 Å². The smallest absolute Gasteiger partial charge is 0.343 e. The number of benzene rings is 4. The number of ether oxygens (including phenoxy) is 1. The van der Waals surface area contributed by atoms with Gasteiger partial charge in [0, 0.05) is 21.3 Å². The van der Waals surface area contributed by atoms with Crippen molar-refractivity contribution >= 4 is 56.5 Å². The third kappa shape index (κ3) is 5.09. The predicted molar refractivity (Wildman–Crippen MR) is 137 cm³/mol. The zero-order chi connectivity index (χ0) is 23.5. The Labute approximate surface area is 208 Å². The van der Waals surface area contributed by atoms with E-state index < -0.39 is 5.97 Å². The normalized spacial score (nSPS) is 11.2. The first-order chi connectivity index (χ1) is 16.5. The van der Waals surface area contributed by atoms with Crippen LogP contribution < -0.4 is 4.74 Å². The van der Waals surface area contributed by atoms with Gasteiger partial charge < -0.3 is 9.15 Å². The minimum atomic E-state index is -0.415. The molecule has 0 aliphatic heterocycles. The fraction of sp³-hybridized carbons (Fsp3) is 0. The van der Waals surface area contributed by atoms with E-state index in [4.69, 9.17) is 20.8 Å². The molecule has 0 radical (unpaired) electrons. The highest BCUT2D eigenvalue weighted by Gasteiger charge is 2.10. The number of oxazole rings is 1. The van der Waals surface area contributed by atoms with E-state index in [9.17, 15) is 4.79 Å². The highest BCUT2D eigenvalue weighted by atomic mass is 79.9. The van der Waals surface area contributed by atoms with Crippen LogP contribution in [0, 0.1) is 0 Å². The first-order valence-electron chi connectivity index (χ1n) is 10.3. The van der Waals surface area contributed by atoms with Gasteiger partial charge in [0.25, 0.3) is 0 Å². The minimum absolute atomic E-state index is 0.415. The molecule has 5 rings (SSSR count). The summed E-state index contributed by atoms with van der Waals surface area (Å²) >= 11 is 9.31. The van der Waals surface area contributed by atoms with Crippen LogP contribution in [0.5, 0.6) is 5.75 Å². The first kappa shape index (κ1) is 22.1. The summed E-state index contributed by atoms with van der Waals surface area (Å²) in [6, 6.07) is 27.1. The molecule has 0 aliphatic carbocycles. The zero-order valence-electron chi connectivity index (χ0n) is 17.6. The number of rotatable bonds is 5. The minimum Gasteiger partial charge on any atom is -0.436 e. The van der Waals surface area contributed by atoms with Gasteiger partial charge in [-0.1, -0.05) is 33.6 Å². The first-order valence-corrected chi connectivity index (χ1v) is 11.5. The van der Waals surface area contributed by atoms with E-state index in [1.807, 2.05) is 48.5 Å². The lowest BCUT2D eigenvalue weighted by molar-refractivity contribution is 0.0734. The summed E-state index contributed by atoms with van der Waals surface area (Å²) < 4.78 is 12.1. The van der Waals surface area contributed by atoms with E-state index in [0.29, 0.717) is 27.8 Å². The third-order valence-corrected chi connectivity index (χ3v) is 5.72. The molecular formula is C27H16BrClN2O3. The summed E-state index contributed by atoms with van der Waals surface area (Å²) in [5.41, 5.74) is 4.33. The van der Waals surface area contributed by atoms with Gasteiger partial charge in [-0.2, -0.15) is 0 Å². The van der Waals surface area contributed by atoms with E-state index in [-0.39, 0.29) is 0 Å². The van der Waals surface area contributed by atoms with Crippen LogP contribution in [0.15, 0.2) is 105 Å². The quantitative estimate of drug-likeness (QED) is 0.131. The van der Waals surface area contributed by atoms with E-state index in [0.717, 1.165) is 26.8 Å². The zero-order valence-corrected chi connectivity index (χ0v) is 20.0. The lowest BCUT2D eigenvalue weighted by Crippen LogP contribution is -2.08. The summed E-state index contributed by atoms with van der Waals surface area (Å²) in [7, 11) is 0. The van der Waals surface area contributed by atoms with Crippen LogP contribution in [-0.4, -0.2) is 17.2 Å². The Morgan fingerprint density at radius 1 is 0.971 bits per heavy atom. The highest BCUT2D eigenvalue weighted by molar-refractivity contribution is 9.10. The molecule has 0 saturated carbocycles. The Morgan fingerprint density at radius 3 is 2.53 bits per heavy atom. The number of fused-ring (bicyclic) bond motifs is 1. The summed E-state index contributed by atoms with van der Waals surface area (Å²) in [4.78, 5) is 21.4. The standard InChI is InChI=1S/C27H16BrClN2O3/c28-20-3-1-2-19(14-20)27(32)33-23-11-4-17(5-12-23)16-30-22-10-13-25-24(15-22)31-26(34-25)18-6-8-21(29)9-7-18/h1-16H. The van der Waals surface area contributed by atoms with Crippen LogP contribution in [0.1, 0.15) is 15.9 Å². The van der Waals surface area contributed by atoms with Gasteiger partial charge in [0.2, 0.25) is 5.89 Å². The van der Waals surface area contributed by atoms with Crippen molar-refractivity contribution in [1.82, 2.24) is 4.98 Å².